The number of methoxy groups -OCH3 is 2. The van der Waals surface area contributed by atoms with Gasteiger partial charge in [-0.05, 0) is 48.0 Å². The average molecular weight is 484 g/mol. The second-order valence-electron chi connectivity index (χ2n) is 8.22. The monoisotopic (exact) mass is 484 g/mol. The van der Waals surface area contributed by atoms with Crippen LogP contribution in [0.4, 0.5) is 8.63 Å². The highest BCUT2D eigenvalue weighted by atomic mass is 19.2. The number of hydrogen-bond donors (Lipinski definition) is 0. The van der Waals surface area contributed by atoms with Gasteiger partial charge in [-0.2, -0.15) is 0 Å². The number of aromatic nitrogens is 1. The molecule has 0 bridgehead atoms. The van der Waals surface area contributed by atoms with Gasteiger partial charge >= 0.3 is 7.40 Å². The lowest BCUT2D eigenvalue weighted by molar-refractivity contribution is 0.414. The highest BCUT2D eigenvalue weighted by Crippen LogP contribution is 2.35. The maximum absolute atomic E-state index is 14.3. The fraction of sp³-hybridized carbons (Fsp3) is 0.0741. The van der Waals surface area contributed by atoms with E-state index in [9.17, 15) is 8.63 Å². The van der Waals surface area contributed by atoms with E-state index in [0.29, 0.717) is 44.6 Å². The van der Waals surface area contributed by atoms with Crippen LogP contribution in [-0.4, -0.2) is 26.1 Å². The van der Waals surface area contributed by atoms with Gasteiger partial charge in [0.05, 0.1) is 25.4 Å². The molecule has 0 radical (unpaired) electrons. The van der Waals surface area contributed by atoms with Crippen molar-refractivity contribution >= 4 is 30.7 Å². The maximum atomic E-state index is 14.3. The molecule has 0 atom stereocenters. The Morgan fingerprint density at radius 1 is 0.917 bits per heavy atom. The second kappa shape index (κ2) is 8.60. The molecule has 4 heterocycles. The molecule has 6 rings (SSSR count). The second-order valence-corrected chi connectivity index (χ2v) is 8.22. The molecule has 2 aromatic carbocycles. The predicted octanol–water partition coefficient (Wildman–Crippen LogP) is 5.41. The van der Waals surface area contributed by atoms with E-state index in [1.807, 2.05) is 42.5 Å². The summed E-state index contributed by atoms with van der Waals surface area (Å²) in [5, 5.41) is 0.643. The van der Waals surface area contributed by atoms with Crippen LogP contribution < -0.4 is 20.2 Å². The first-order valence-corrected chi connectivity index (χ1v) is 11.2. The lowest BCUT2D eigenvalue weighted by Gasteiger charge is -2.06. The smallest absolute Gasteiger partial charge is 0.497 e. The minimum absolute atomic E-state index is 0.282. The summed E-state index contributed by atoms with van der Waals surface area (Å²) in [5.41, 5.74) is 4.25. The number of allylic oxidation sites excluding steroid dienone is 1. The van der Waals surface area contributed by atoms with Crippen molar-refractivity contribution in [2.24, 2.45) is 4.99 Å². The highest BCUT2D eigenvalue weighted by molar-refractivity contribution is 6.43. The molecule has 0 N–H and O–H groups in total. The van der Waals surface area contributed by atoms with Gasteiger partial charge in [-0.3, -0.25) is 8.63 Å². The van der Waals surface area contributed by atoms with Crippen molar-refractivity contribution in [3.05, 3.63) is 89.1 Å². The first-order chi connectivity index (χ1) is 17.5. The standard InChI is InChI=1S/C27H19BF2N2O4/c1-33-20-7-3-16(4-8-20)22-15-35-26-13-19(32(27(22)26)28(29)30)11-18-12-25-23(31-18)14-24(36-25)17-5-9-21(34-2)10-6-17/h3-15H,1-2H3/b18-11-. The largest absolute Gasteiger partial charge is 0.678 e. The zero-order valence-electron chi connectivity index (χ0n) is 19.4. The third-order valence-corrected chi connectivity index (χ3v) is 6.13. The van der Waals surface area contributed by atoms with Gasteiger partial charge < -0.3 is 22.8 Å². The molecular weight excluding hydrogens is 465 g/mol. The Balaban J connectivity index is 1.38. The Kier molecular flexibility index (Phi) is 5.25. The highest BCUT2D eigenvalue weighted by Gasteiger charge is 2.27. The molecule has 5 aromatic rings. The number of ether oxygens (including phenoxy) is 2. The fourth-order valence-corrected chi connectivity index (χ4v) is 4.36. The molecule has 1 aliphatic rings. The molecule has 36 heavy (non-hydrogen) atoms. The Labute approximate surface area is 204 Å². The molecule has 3 aromatic heterocycles. The van der Waals surface area contributed by atoms with Crippen molar-refractivity contribution in [2.45, 2.75) is 0 Å². The van der Waals surface area contributed by atoms with Crippen LogP contribution in [0.15, 0.2) is 86.5 Å². The molecule has 178 valence electrons. The van der Waals surface area contributed by atoms with Crippen LogP contribution in [0.25, 0.3) is 45.7 Å². The molecule has 0 unspecified atom stereocenters. The van der Waals surface area contributed by atoms with Gasteiger partial charge in [-0.15, -0.1) is 0 Å². The van der Waals surface area contributed by atoms with Crippen molar-refractivity contribution < 1.29 is 26.9 Å². The maximum Gasteiger partial charge on any atom is 0.678 e. The van der Waals surface area contributed by atoms with Crippen molar-refractivity contribution in [3.8, 4) is 33.9 Å². The average Bonchev–Trinajstić information content (AvgIpc) is 3.64. The van der Waals surface area contributed by atoms with E-state index in [1.54, 1.807) is 44.6 Å². The van der Waals surface area contributed by atoms with E-state index < -0.39 is 7.40 Å². The van der Waals surface area contributed by atoms with Crippen LogP contribution >= 0.6 is 0 Å². The van der Waals surface area contributed by atoms with Gasteiger partial charge in [0.25, 0.3) is 0 Å². The quantitative estimate of drug-likeness (QED) is 0.303. The topological polar surface area (TPSA) is 62.0 Å². The number of rotatable bonds is 6. The molecule has 0 spiro atoms. The number of fused-ring (bicyclic) bond motifs is 2. The molecule has 1 aliphatic heterocycles. The molecule has 0 saturated carbocycles. The first kappa shape index (κ1) is 22.0. The van der Waals surface area contributed by atoms with Gasteiger partial charge in [0.15, 0.2) is 11.0 Å². The minimum Gasteiger partial charge on any atom is -0.497 e. The van der Waals surface area contributed by atoms with Crippen LogP contribution in [-0.2, 0) is 0 Å². The summed E-state index contributed by atoms with van der Waals surface area (Å²) in [7, 11) is 0.408. The Hall–Kier alpha value is -4.53. The van der Waals surface area contributed by atoms with E-state index in [4.69, 9.17) is 18.3 Å². The number of benzene rings is 2. The number of hydrogen-bond acceptors (Lipinski definition) is 5. The van der Waals surface area contributed by atoms with Gasteiger partial charge in [-0.25, -0.2) is 4.99 Å². The molecule has 0 aliphatic carbocycles. The minimum atomic E-state index is -2.78. The van der Waals surface area contributed by atoms with Crippen LogP contribution in [0.5, 0.6) is 11.5 Å². The zero-order valence-corrected chi connectivity index (χ0v) is 19.4. The van der Waals surface area contributed by atoms with E-state index in [1.165, 1.54) is 6.26 Å². The zero-order chi connectivity index (χ0) is 24.8. The summed E-state index contributed by atoms with van der Waals surface area (Å²) in [6.45, 7) is 0. The summed E-state index contributed by atoms with van der Waals surface area (Å²) in [6.07, 6.45) is 4.82. The summed E-state index contributed by atoms with van der Waals surface area (Å²) < 4.78 is 51.5. The van der Waals surface area contributed by atoms with Crippen LogP contribution in [0.3, 0.4) is 0 Å². The van der Waals surface area contributed by atoms with Crippen molar-refractivity contribution in [3.63, 3.8) is 0 Å². The lowest BCUT2D eigenvalue weighted by Crippen LogP contribution is -2.14. The Morgan fingerprint density at radius 2 is 1.58 bits per heavy atom. The molecule has 0 saturated heterocycles. The third kappa shape index (κ3) is 3.69. The van der Waals surface area contributed by atoms with E-state index >= 15 is 0 Å². The van der Waals surface area contributed by atoms with E-state index in [2.05, 4.69) is 4.99 Å². The summed E-state index contributed by atoms with van der Waals surface area (Å²) >= 11 is 0. The van der Waals surface area contributed by atoms with Crippen molar-refractivity contribution in [1.29, 1.82) is 0 Å². The van der Waals surface area contributed by atoms with Crippen LogP contribution in [0.1, 0.15) is 5.69 Å². The van der Waals surface area contributed by atoms with Gasteiger partial charge in [0.1, 0.15) is 28.9 Å². The van der Waals surface area contributed by atoms with Crippen molar-refractivity contribution in [1.82, 2.24) is 4.48 Å². The molecule has 6 nitrogen and oxygen atoms in total. The lowest BCUT2D eigenvalue weighted by atomic mass is 10.1. The SMILES string of the molecule is COc1ccc(-c2cc3c(o2)=C/C(=C/c2cc4occ(-c5ccc(OC)cc5)c4n2B(F)F)N=3)cc1. The third-order valence-electron chi connectivity index (χ3n) is 6.13. The van der Waals surface area contributed by atoms with Gasteiger partial charge in [0, 0.05) is 35.0 Å². The van der Waals surface area contributed by atoms with E-state index in [0.717, 1.165) is 21.4 Å². The van der Waals surface area contributed by atoms with Gasteiger partial charge in [-0.1, -0.05) is 12.1 Å². The normalized spacial score (nSPS) is 13.5. The van der Waals surface area contributed by atoms with E-state index in [-0.39, 0.29) is 5.69 Å². The molecule has 0 amide bonds. The molecular formula is C27H19BF2N2O4. The number of halogens is 2. The van der Waals surface area contributed by atoms with Crippen molar-refractivity contribution in [2.75, 3.05) is 14.2 Å². The van der Waals surface area contributed by atoms with Gasteiger partial charge in [0.2, 0.25) is 0 Å². The first-order valence-electron chi connectivity index (χ1n) is 11.2. The summed E-state index contributed by atoms with van der Waals surface area (Å²) in [5.74, 6) is 2.10. The molecule has 0 fully saturated rings. The van der Waals surface area contributed by atoms with Crippen LogP contribution in [0.2, 0.25) is 0 Å². The predicted molar refractivity (Wildman–Crippen MR) is 133 cm³/mol. The number of furan rings is 2. The van der Waals surface area contributed by atoms with Crippen LogP contribution in [0, 0.1) is 0 Å². The molecule has 9 heteroatoms. The Bertz CT molecular complexity index is 1690. The number of nitrogens with zero attached hydrogens (tertiary/aromatic N) is 2. The Morgan fingerprint density at radius 3 is 2.19 bits per heavy atom. The fourth-order valence-electron chi connectivity index (χ4n) is 4.36. The summed E-state index contributed by atoms with van der Waals surface area (Å²) in [6, 6.07) is 18.1. The summed E-state index contributed by atoms with van der Waals surface area (Å²) in [4.78, 5) is 4.57.